The van der Waals surface area contributed by atoms with Crippen molar-refractivity contribution in [2.24, 2.45) is 11.7 Å². The second-order valence-electron chi connectivity index (χ2n) is 4.61. The van der Waals surface area contributed by atoms with Gasteiger partial charge in [-0.2, -0.15) is 4.31 Å². The Morgan fingerprint density at radius 3 is 2.82 bits per heavy atom. The Labute approximate surface area is 102 Å². The predicted octanol–water partition coefficient (Wildman–Crippen LogP) is 0.439. The molecule has 1 aliphatic rings. The van der Waals surface area contributed by atoms with Crippen LogP contribution in [0.3, 0.4) is 0 Å². The standard InChI is InChI=1S/C11H17N3O2S/c1-9-5-10(12)8-14(7-9)17(15,16)11-3-2-4-13-6-11/h2-4,6,9-10H,5,7-8,12H2,1H3. The van der Waals surface area contributed by atoms with Gasteiger partial charge in [-0.05, 0) is 24.5 Å². The molecule has 2 N–H and O–H groups in total. The molecule has 0 amide bonds. The summed E-state index contributed by atoms with van der Waals surface area (Å²) in [7, 11) is -3.44. The van der Waals surface area contributed by atoms with Gasteiger partial charge in [0.05, 0.1) is 0 Å². The van der Waals surface area contributed by atoms with E-state index in [0.29, 0.717) is 19.0 Å². The third-order valence-electron chi connectivity index (χ3n) is 2.93. The van der Waals surface area contributed by atoms with Crippen molar-refractivity contribution in [3.63, 3.8) is 0 Å². The van der Waals surface area contributed by atoms with Gasteiger partial charge >= 0.3 is 0 Å². The van der Waals surface area contributed by atoms with E-state index in [4.69, 9.17) is 5.73 Å². The van der Waals surface area contributed by atoms with Crippen LogP contribution in [-0.4, -0.2) is 36.8 Å². The fourth-order valence-corrected chi connectivity index (χ4v) is 3.78. The summed E-state index contributed by atoms with van der Waals surface area (Å²) >= 11 is 0. The third kappa shape index (κ3) is 2.65. The topological polar surface area (TPSA) is 76.3 Å². The first-order chi connectivity index (χ1) is 8.00. The molecule has 2 atom stereocenters. The number of rotatable bonds is 2. The zero-order valence-corrected chi connectivity index (χ0v) is 10.6. The maximum atomic E-state index is 12.3. The van der Waals surface area contributed by atoms with Crippen LogP contribution in [0.15, 0.2) is 29.4 Å². The number of sulfonamides is 1. The molecular weight excluding hydrogens is 238 g/mol. The van der Waals surface area contributed by atoms with Crippen LogP contribution < -0.4 is 5.73 Å². The first kappa shape index (κ1) is 12.5. The highest BCUT2D eigenvalue weighted by Crippen LogP contribution is 2.22. The van der Waals surface area contributed by atoms with E-state index < -0.39 is 10.0 Å². The summed E-state index contributed by atoms with van der Waals surface area (Å²) in [6.07, 6.45) is 3.81. The van der Waals surface area contributed by atoms with Crippen LogP contribution in [0.1, 0.15) is 13.3 Å². The van der Waals surface area contributed by atoms with E-state index in [1.165, 1.54) is 10.5 Å². The maximum absolute atomic E-state index is 12.3. The Morgan fingerprint density at radius 2 is 2.24 bits per heavy atom. The minimum Gasteiger partial charge on any atom is -0.326 e. The summed E-state index contributed by atoms with van der Waals surface area (Å²) in [5, 5.41) is 0. The number of hydrogen-bond donors (Lipinski definition) is 1. The van der Waals surface area contributed by atoms with Crippen molar-refractivity contribution < 1.29 is 8.42 Å². The number of hydrogen-bond acceptors (Lipinski definition) is 4. The lowest BCUT2D eigenvalue weighted by molar-refractivity contribution is 0.254. The van der Waals surface area contributed by atoms with Crippen LogP contribution in [0.5, 0.6) is 0 Å². The molecule has 1 saturated heterocycles. The lowest BCUT2D eigenvalue weighted by atomic mass is 9.99. The molecule has 0 saturated carbocycles. The van der Waals surface area contributed by atoms with Crippen LogP contribution in [0, 0.1) is 5.92 Å². The van der Waals surface area contributed by atoms with Gasteiger partial charge in [-0.15, -0.1) is 0 Å². The van der Waals surface area contributed by atoms with Crippen molar-refractivity contribution in [1.82, 2.24) is 9.29 Å². The van der Waals surface area contributed by atoms with Gasteiger partial charge in [0.25, 0.3) is 0 Å². The highest BCUT2D eigenvalue weighted by Gasteiger charge is 2.31. The molecule has 0 radical (unpaired) electrons. The lowest BCUT2D eigenvalue weighted by Gasteiger charge is -2.33. The average molecular weight is 255 g/mol. The number of piperidine rings is 1. The van der Waals surface area contributed by atoms with Gasteiger partial charge in [-0.3, -0.25) is 4.98 Å². The predicted molar refractivity (Wildman–Crippen MR) is 64.8 cm³/mol. The minimum absolute atomic E-state index is 0.0785. The van der Waals surface area contributed by atoms with Crippen LogP contribution in [-0.2, 0) is 10.0 Å². The minimum atomic E-state index is -3.44. The highest BCUT2D eigenvalue weighted by atomic mass is 32.2. The maximum Gasteiger partial charge on any atom is 0.244 e. The fourth-order valence-electron chi connectivity index (χ4n) is 2.19. The van der Waals surface area contributed by atoms with Gasteiger partial charge in [-0.1, -0.05) is 6.92 Å². The second kappa shape index (κ2) is 4.72. The molecule has 94 valence electrons. The first-order valence-corrected chi connectivity index (χ1v) is 7.10. The highest BCUT2D eigenvalue weighted by molar-refractivity contribution is 7.89. The smallest absolute Gasteiger partial charge is 0.244 e. The van der Waals surface area contributed by atoms with Crippen molar-refractivity contribution in [2.45, 2.75) is 24.3 Å². The van der Waals surface area contributed by atoms with Crippen LogP contribution in [0.2, 0.25) is 0 Å². The van der Waals surface area contributed by atoms with Crippen molar-refractivity contribution in [2.75, 3.05) is 13.1 Å². The molecule has 2 rings (SSSR count). The Balaban J connectivity index is 2.27. The number of aromatic nitrogens is 1. The Morgan fingerprint density at radius 1 is 1.47 bits per heavy atom. The van der Waals surface area contributed by atoms with Crippen molar-refractivity contribution >= 4 is 10.0 Å². The summed E-state index contributed by atoms with van der Waals surface area (Å²) in [5.74, 6) is 0.296. The van der Waals surface area contributed by atoms with Gasteiger partial charge in [0, 0.05) is 31.5 Å². The number of nitrogens with two attached hydrogens (primary N) is 1. The Hall–Kier alpha value is -0.980. The van der Waals surface area contributed by atoms with E-state index >= 15 is 0 Å². The normalized spacial score (nSPS) is 26.9. The molecule has 1 fully saturated rings. The molecular formula is C11H17N3O2S. The van der Waals surface area contributed by atoms with Crippen LogP contribution in [0.4, 0.5) is 0 Å². The lowest BCUT2D eigenvalue weighted by Crippen LogP contribution is -2.48. The zero-order valence-electron chi connectivity index (χ0n) is 9.78. The van der Waals surface area contributed by atoms with E-state index in [1.807, 2.05) is 6.92 Å². The van der Waals surface area contributed by atoms with Gasteiger partial charge < -0.3 is 5.73 Å². The molecule has 6 heteroatoms. The molecule has 1 aromatic rings. The van der Waals surface area contributed by atoms with Crippen molar-refractivity contribution in [3.05, 3.63) is 24.5 Å². The van der Waals surface area contributed by atoms with Crippen molar-refractivity contribution in [3.8, 4) is 0 Å². The summed E-state index contributed by atoms with van der Waals surface area (Å²) in [5.41, 5.74) is 5.87. The Kier molecular flexibility index (Phi) is 3.46. The zero-order chi connectivity index (χ0) is 12.5. The van der Waals surface area contributed by atoms with Crippen molar-refractivity contribution in [1.29, 1.82) is 0 Å². The van der Waals surface area contributed by atoms with E-state index in [-0.39, 0.29) is 10.9 Å². The monoisotopic (exact) mass is 255 g/mol. The molecule has 0 bridgehead atoms. The number of nitrogens with zero attached hydrogens (tertiary/aromatic N) is 2. The quantitative estimate of drug-likeness (QED) is 0.832. The first-order valence-electron chi connectivity index (χ1n) is 5.66. The van der Waals surface area contributed by atoms with Gasteiger partial charge in [0.15, 0.2) is 0 Å². The molecule has 0 spiro atoms. The van der Waals surface area contributed by atoms with Crippen LogP contribution >= 0.6 is 0 Å². The molecule has 1 aliphatic heterocycles. The Bertz CT molecular complexity index is 465. The van der Waals surface area contributed by atoms with Gasteiger partial charge in [0.2, 0.25) is 10.0 Å². The van der Waals surface area contributed by atoms with E-state index in [1.54, 1.807) is 18.3 Å². The average Bonchev–Trinajstić information content (AvgIpc) is 2.29. The van der Waals surface area contributed by atoms with Gasteiger partial charge in [0.1, 0.15) is 4.90 Å². The second-order valence-corrected chi connectivity index (χ2v) is 6.55. The molecule has 5 nitrogen and oxygen atoms in total. The number of pyridine rings is 1. The molecule has 2 unspecified atom stereocenters. The summed E-state index contributed by atoms with van der Waals surface area (Å²) in [6, 6.07) is 3.11. The SMILES string of the molecule is CC1CC(N)CN(S(=O)(=O)c2cccnc2)C1. The summed E-state index contributed by atoms with van der Waals surface area (Å²) < 4.78 is 26.1. The molecule has 0 aliphatic carbocycles. The van der Waals surface area contributed by atoms with E-state index in [2.05, 4.69) is 4.98 Å². The van der Waals surface area contributed by atoms with E-state index in [0.717, 1.165) is 6.42 Å². The largest absolute Gasteiger partial charge is 0.326 e. The van der Waals surface area contributed by atoms with Crippen LogP contribution in [0.25, 0.3) is 0 Å². The third-order valence-corrected chi connectivity index (χ3v) is 4.75. The van der Waals surface area contributed by atoms with Gasteiger partial charge in [-0.25, -0.2) is 8.42 Å². The summed E-state index contributed by atoms with van der Waals surface area (Å²) in [6.45, 7) is 2.94. The molecule has 0 aromatic carbocycles. The molecule has 1 aromatic heterocycles. The molecule has 2 heterocycles. The fraction of sp³-hybridized carbons (Fsp3) is 0.545. The van der Waals surface area contributed by atoms with E-state index in [9.17, 15) is 8.42 Å². The molecule has 17 heavy (non-hydrogen) atoms. The summed E-state index contributed by atoms with van der Waals surface area (Å²) in [4.78, 5) is 4.08.